The van der Waals surface area contributed by atoms with Crippen LogP contribution in [-0.4, -0.2) is 0 Å². The Morgan fingerprint density at radius 3 is 1.59 bits per heavy atom. The molecule has 0 bridgehead atoms. The van der Waals surface area contributed by atoms with Crippen LogP contribution in [0.1, 0.15) is 96.6 Å². The summed E-state index contributed by atoms with van der Waals surface area (Å²) in [5.41, 5.74) is 8.08. The molecule has 0 unspecified atom stereocenters. The van der Waals surface area contributed by atoms with Crippen molar-refractivity contribution in [2.24, 2.45) is 0 Å². The molecule has 27 heavy (non-hydrogen) atoms. The molecule has 148 valence electrons. The SMILES string of the molecule is CC(C)(C)c1cccc(CCCc2c(C(C)(C)C)cccc2C(C)(C)C)c1. The molecule has 0 aliphatic rings. The first kappa shape index (κ1) is 21.7. The van der Waals surface area contributed by atoms with Crippen LogP contribution in [0.5, 0.6) is 0 Å². The van der Waals surface area contributed by atoms with E-state index in [9.17, 15) is 0 Å². The van der Waals surface area contributed by atoms with Gasteiger partial charge in [0.2, 0.25) is 0 Å². The Bertz CT molecular complexity index is 726. The molecule has 2 rings (SSSR count). The number of hydrogen-bond acceptors (Lipinski definition) is 0. The molecular weight excluding hydrogens is 324 g/mol. The number of hydrogen-bond donors (Lipinski definition) is 0. The Labute approximate surface area is 168 Å². The van der Waals surface area contributed by atoms with Gasteiger partial charge in [-0.3, -0.25) is 0 Å². The third-order valence-electron chi connectivity index (χ3n) is 5.48. The Balaban J connectivity index is 2.25. The van der Waals surface area contributed by atoms with E-state index in [4.69, 9.17) is 0 Å². The minimum atomic E-state index is 0.183. The van der Waals surface area contributed by atoms with E-state index in [0.717, 1.165) is 12.8 Å². The molecule has 0 aliphatic carbocycles. The van der Waals surface area contributed by atoms with E-state index in [1.165, 1.54) is 28.7 Å². The Hall–Kier alpha value is -1.56. The summed E-state index contributed by atoms with van der Waals surface area (Å²) in [6, 6.07) is 16.1. The van der Waals surface area contributed by atoms with E-state index in [1.807, 2.05) is 0 Å². The third-order valence-corrected chi connectivity index (χ3v) is 5.48. The maximum Gasteiger partial charge on any atom is -0.0129 e. The van der Waals surface area contributed by atoms with Crippen LogP contribution in [0.15, 0.2) is 42.5 Å². The van der Waals surface area contributed by atoms with Crippen molar-refractivity contribution in [1.82, 2.24) is 0 Å². The van der Waals surface area contributed by atoms with Gasteiger partial charge in [0.15, 0.2) is 0 Å². The summed E-state index contributed by atoms with van der Waals surface area (Å²) in [6.45, 7) is 20.9. The summed E-state index contributed by atoms with van der Waals surface area (Å²) in [6.07, 6.45) is 3.50. The van der Waals surface area contributed by atoms with Crippen LogP contribution in [0.3, 0.4) is 0 Å². The molecule has 0 aromatic heterocycles. The molecule has 0 spiro atoms. The molecule has 2 aromatic rings. The number of rotatable bonds is 4. The lowest BCUT2D eigenvalue weighted by Crippen LogP contribution is -2.21. The molecule has 0 fully saturated rings. The topological polar surface area (TPSA) is 0 Å². The summed E-state index contributed by atoms with van der Waals surface area (Å²) < 4.78 is 0. The van der Waals surface area contributed by atoms with Crippen LogP contribution in [-0.2, 0) is 29.1 Å². The molecule has 0 atom stereocenters. The minimum absolute atomic E-state index is 0.183. The van der Waals surface area contributed by atoms with Crippen LogP contribution in [0.25, 0.3) is 0 Å². The van der Waals surface area contributed by atoms with E-state index in [1.54, 1.807) is 5.56 Å². The maximum absolute atomic E-state index is 2.40. The summed E-state index contributed by atoms with van der Waals surface area (Å²) in [5.74, 6) is 0. The average Bonchev–Trinajstić information content (AvgIpc) is 2.52. The van der Waals surface area contributed by atoms with Gasteiger partial charge in [-0.05, 0) is 63.3 Å². The van der Waals surface area contributed by atoms with Crippen molar-refractivity contribution in [3.8, 4) is 0 Å². The molecule has 0 heterocycles. The first-order valence-electron chi connectivity index (χ1n) is 10.5. The van der Waals surface area contributed by atoms with Crippen molar-refractivity contribution in [1.29, 1.82) is 0 Å². The predicted octanol–water partition coefficient (Wildman–Crippen LogP) is 7.75. The highest BCUT2D eigenvalue weighted by Crippen LogP contribution is 2.35. The fraction of sp³-hybridized carbons (Fsp3) is 0.556. The first-order chi connectivity index (χ1) is 12.3. The molecule has 0 radical (unpaired) electrons. The van der Waals surface area contributed by atoms with Crippen LogP contribution >= 0.6 is 0 Å². The van der Waals surface area contributed by atoms with Gasteiger partial charge in [-0.15, -0.1) is 0 Å². The zero-order valence-corrected chi connectivity index (χ0v) is 19.2. The highest BCUT2D eigenvalue weighted by atomic mass is 14.3. The van der Waals surface area contributed by atoms with Gasteiger partial charge in [-0.25, -0.2) is 0 Å². The third kappa shape index (κ3) is 5.71. The quantitative estimate of drug-likeness (QED) is 0.520. The first-order valence-corrected chi connectivity index (χ1v) is 10.5. The largest absolute Gasteiger partial charge is 0.0617 e. The van der Waals surface area contributed by atoms with Crippen LogP contribution in [0.4, 0.5) is 0 Å². The second kappa shape index (κ2) is 7.82. The lowest BCUT2D eigenvalue weighted by molar-refractivity contribution is 0.551. The highest BCUT2D eigenvalue weighted by Gasteiger charge is 2.24. The molecule has 2 aromatic carbocycles. The van der Waals surface area contributed by atoms with E-state index in [2.05, 4.69) is 105 Å². The smallest absolute Gasteiger partial charge is 0.0129 e. The number of aryl methyl sites for hydroxylation is 1. The zero-order valence-electron chi connectivity index (χ0n) is 19.2. The van der Waals surface area contributed by atoms with Gasteiger partial charge >= 0.3 is 0 Å². The monoisotopic (exact) mass is 364 g/mol. The van der Waals surface area contributed by atoms with Crippen molar-refractivity contribution in [3.05, 3.63) is 70.3 Å². The van der Waals surface area contributed by atoms with E-state index < -0.39 is 0 Å². The zero-order chi connectivity index (χ0) is 20.5. The van der Waals surface area contributed by atoms with E-state index >= 15 is 0 Å². The minimum Gasteiger partial charge on any atom is -0.0617 e. The number of benzene rings is 2. The molecule has 0 nitrogen and oxygen atoms in total. The Morgan fingerprint density at radius 2 is 1.11 bits per heavy atom. The van der Waals surface area contributed by atoms with Gasteiger partial charge in [0.05, 0.1) is 0 Å². The normalized spacial score (nSPS) is 13.1. The molecule has 0 amide bonds. The van der Waals surface area contributed by atoms with Gasteiger partial charge in [0.25, 0.3) is 0 Å². The second-order valence-corrected chi connectivity index (χ2v) is 11.1. The van der Waals surface area contributed by atoms with Crippen LogP contribution in [0, 0.1) is 0 Å². The van der Waals surface area contributed by atoms with Crippen LogP contribution < -0.4 is 0 Å². The molecule has 0 heteroatoms. The molecule has 0 aliphatic heterocycles. The van der Waals surface area contributed by atoms with Gasteiger partial charge in [-0.2, -0.15) is 0 Å². The predicted molar refractivity (Wildman–Crippen MR) is 121 cm³/mol. The van der Waals surface area contributed by atoms with Crippen molar-refractivity contribution >= 4 is 0 Å². The van der Waals surface area contributed by atoms with Gasteiger partial charge in [0.1, 0.15) is 0 Å². The maximum atomic E-state index is 2.40. The molecular formula is C27H40. The van der Waals surface area contributed by atoms with Gasteiger partial charge < -0.3 is 0 Å². The second-order valence-electron chi connectivity index (χ2n) is 11.1. The molecule has 0 saturated carbocycles. The van der Waals surface area contributed by atoms with Crippen LogP contribution in [0.2, 0.25) is 0 Å². The summed E-state index contributed by atoms with van der Waals surface area (Å²) in [7, 11) is 0. The fourth-order valence-electron chi connectivity index (χ4n) is 3.92. The van der Waals surface area contributed by atoms with Crippen molar-refractivity contribution in [2.75, 3.05) is 0 Å². The van der Waals surface area contributed by atoms with E-state index in [0.29, 0.717) is 0 Å². The van der Waals surface area contributed by atoms with Gasteiger partial charge in [-0.1, -0.05) is 105 Å². The van der Waals surface area contributed by atoms with Crippen molar-refractivity contribution < 1.29 is 0 Å². The highest BCUT2D eigenvalue weighted by molar-refractivity contribution is 5.43. The molecule has 0 N–H and O–H groups in total. The lowest BCUT2D eigenvalue weighted by atomic mass is 9.75. The van der Waals surface area contributed by atoms with E-state index in [-0.39, 0.29) is 16.2 Å². The Kier molecular flexibility index (Phi) is 6.30. The standard InChI is InChI=1S/C27H40/c1-25(2,3)21-15-10-13-20(19-21)14-11-16-22-23(26(4,5)6)17-12-18-24(22)27(7,8)9/h10,12-13,15,17-19H,11,14,16H2,1-9H3. The average molecular weight is 365 g/mol. The fourth-order valence-corrected chi connectivity index (χ4v) is 3.92. The van der Waals surface area contributed by atoms with Crippen molar-refractivity contribution in [3.63, 3.8) is 0 Å². The summed E-state index contributed by atoms with van der Waals surface area (Å²) in [5, 5.41) is 0. The summed E-state index contributed by atoms with van der Waals surface area (Å²) >= 11 is 0. The van der Waals surface area contributed by atoms with Gasteiger partial charge in [0, 0.05) is 0 Å². The Morgan fingerprint density at radius 1 is 0.593 bits per heavy atom. The summed E-state index contributed by atoms with van der Waals surface area (Å²) in [4.78, 5) is 0. The van der Waals surface area contributed by atoms with Crippen molar-refractivity contribution in [2.45, 2.75) is 97.8 Å². The molecule has 0 saturated heterocycles. The lowest BCUT2D eigenvalue weighted by Gasteiger charge is -2.30.